The summed E-state index contributed by atoms with van der Waals surface area (Å²) < 4.78 is 0. The molecule has 3 aliphatic rings. The van der Waals surface area contributed by atoms with Crippen molar-refractivity contribution >= 4 is 11.5 Å². The Hall–Kier alpha value is -1.65. The lowest BCUT2D eigenvalue weighted by molar-refractivity contribution is -0.153. The standard InChI is InChI=1S/C18H22N2O2/c21-11-16-18(15-9-19-10-17(22)20(15)16)14-7-5-13(6-8-14)12-3-1-2-4-12/h3,5-8,15-16,18-19,21H,1-2,4,9-11H2/t15-,16-,18-/m1/s1. The lowest BCUT2D eigenvalue weighted by Crippen LogP contribution is -2.72. The summed E-state index contributed by atoms with van der Waals surface area (Å²) in [6.07, 6.45) is 5.96. The van der Waals surface area contributed by atoms with Gasteiger partial charge in [-0.05, 0) is 36.0 Å². The van der Waals surface area contributed by atoms with Gasteiger partial charge in [-0.3, -0.25) is 4.79 Å². The molecule has 2 aliphatic heterocycles. The van der Waals surface area contributed by atoms with Crippen LogP contribution in [0.15, 0.2) is 30.3 Å². The number of piperazine rings is 1. The predicted octanol–water partition coefficient (Wildman–Crippen LogP) is 1.51. The van der Waals surface area contributed by atoms with E-state index in [9.17, 15) is 9.90 Å². The zero-order valence-corrected chi connectivity index (χ0v) is 12.7. The second kappa shape index (κ2) is 5.52. The summed E-state index contributed by atoms with van der Waals surface area (Å²) in [5, 5.41) is 12.9. The van der Waals surface area contributed by atoms with Crippen LogP contribution in [0, 0.1) is 0 Å². The maximum absolute atomic E-state index is 12.0. The SMILES string of the molecule is O=C1CNC[C@@H]2[C@@H](c3ccc(C4=CCCC4)cc3)[C@@H](CO)N12. The van der Waals surface area contributed by atoms with Gasteiger partial charge < -0.3 is 15.3 Å². The van der Waals surface area contributed by atoms with Crippen LogP contribution in [0.1, 0.15) is 36.3 Å². The van der Waals surface area contributed by atoms with E-state index in [0.29, 0.717) is 6.54 Å². The molecule has 116 valence electrons. The van der Waals surface area contributed by atoms with E-state index in [4.69, 9.17) is 0 Å². The molecule has 0 unspecified atom stereocenters. The van der Waals surface area contributed by atoms with Gasteiger partial charge in [-0.2, -0.15) is 0 Å². The number of carbonyl (C=O) groups excluding carboxylic acids is 1. The predicted molar refractivity (Wildman–Crippen MR) is 85.4 cm³/mol. The fourth-order valence-electron chi connectivity index (χ4n) is 4.26. The maximum Gasteiger partial charge on any atom is 0.237 e. The number of aliphatic hydroxyl groups is 1. The number of benzene rings is 1. The molecule has 0 bridgehead atoms. The lowest BCUT2D eigenvalue weighted by atomic mass is 9.74. The van der Waals surface area contributed by atoms with Crippen LogP contribution < -0.4 is 5.32 Å². The zero-order chi connectivity index (χ0) is 15.1. The van der Waals surface area contributed by atoms with Crippen LogP contribution in [0.2, 0.25) is 0 Å². The Bertz CT molecular complexity index is 602. The Morgan fingerprint density at radius 2 is 2.09 bits per heavy atom. The summed E-state index contributed by atoms with van der Waals surface area (Å²) in [4.78, 5) is 13.8. The third-order valence-electron chi connectivity index (χ3n) is 5.36. The van der Waals surface area contributed by atoms with E-state index < -0.39 is 0 Å². The Kier molecular flexibility index (Phi) is 3.51. The number of nitrogens with one attached hydrogen (secondary N) is 1. The molecular weight excluding hydrogens is 276 g/mol. The lowest BCUT2D eigenvalue weighted by Gasteiger charge is -2.57. The summed E-state index contributed by atoms with van der Waals surface area (Å²) >= 11 is 0. The molecule has 0 aromatic heterocycles. The van der Waals surface area contributed by atoms with Crippen molar-refractivity contribution in [3.8, 4) is 0 Å². The van der Waals surface area contributed by atoms with Crippen molar-refractivity contribution in [1.29, 1.82) is 0 Å². The van der Waals surface area contributed by atoms with Gasteiger partial charge in [0.05, 0.1) is 25.2 Å². The van der Waals surface area contributed by atoms with E-state index in [1.54, 1.807) is 0 Å². The highest BCUT2D eigenvalue weighted by atomic mass is 16.3. The second-order valence-corrected chi connectivity index (χ2v) is 6.52. The molecule has 0 spiro atoms. The molecule has 1 amide bonds. The smallest absolute Gasteiger partial charge is 0.237 e. The van der Waals surface area contributed by atoms with E-state index >= 15 is 0 Å². The first-order chi connectivity index (χ1) is 10.8. The van der Waals surface area contributed by atoms with Crippen LogP contribution in [0.4, 0.5) is 0 Å². The van der Waals surface area contributed by atoms with Gasteiger partial charge in [0.15, 0.2) is 0 Å². The summed E-state index contributed by atoms with van der Waals surface area (Å²) in [5.74, 6) is 0.354. The first kappa shape index (κ1) is 14.0. The monoisotopic (exact) mass is 298 g/mol. The van der Waals surface area contributed by atoms with Gasteiger partial charge in [-0.1, -0.05) is 30.3 Å². The Labute approximate surface area is 130 Å². The molecule has 1 aliphatic carbocycles. The summed E-state index contributed by atoms with van der Waals surface area (Å²) in [5.41, 5.74) is 4.00. The number of fused-ring (bicyclic) bond motifs is 1. The third-order valence-corrected chi connectivity index (χ3v) is 5.36. The summed E-state index contributed by atoms with van der Waals surface area (Å²) in [7, 11) is 0. The van der Waals surface area contributed by atoms with E-state index in [1.807, 2.05) is 4.90 Å². The van der Waals surface area contributed by atoms with Crippen LogP contribution >= 0.6 is 0 Å². The van der Waals surface area contributed by atoms with E-state index in [1.165, 1.54) is 36.0 Å². The zero-order valence-electron chi connectivity index (χ0n) is 12.7. The quantitative estimate of drug-likeness (QED) is 0.889. The minimum atomic E-state index is -0.0591. The van der Waals surface area contributed by atoms with Crippen molar-refractivity contribution in [2.75, 3.05) is 19.7 Å². The summed E-state index contributed by atoms with van der Waals surface area (Å²) in [6.45, 7) is 1.26. The largest absolute Gasteiger partial charge is 0.394 e. The number of hydrogen-bond acceptors (Lipinski definition) is 3. The van der Waals surface area contributed by atoms with Crippen molar-refractivity contribution in [3.63, 3.8) is 0 Å². The van der Waals surface area contributed by atoms with E-state index in [2.05, 4.69) is 35.7 Å². The fraction of sp³-hybridized carbons (Fsp3) is 0.500. The molecule has 2 heterocycles. The minimum absolute atomic E-state index is 0.0415. The molecule has 2 fully saturated rings. The van der Waals surface area contributed by atoms with Crippen molar-refractivity contribution in [2.45, 2.75) is 37.3 Å². The minimum Gasteiger partial charge on any atom is -0.394 e. The highest BCUT2D eigenvalue weighted by molar-refractivity contribution is 5.81. The fourth-order valence-corrected chi connectivity index (χ4v) is 4.26. The number of nitrogens with zero attached hydrogens (tertiary/aromatic N) is 1. The van der Waals surface area contributed by atoms with Crippen LogP contribution in [-0.2, 0) is 4.79 Å². The van der Waals surface area contributed by atoms with Gasteiger partial charge in [0.2, 0.25) is 5.91 Å². The van der Waals surface area contributed by atoms with E-state index in [-0.39, 0.29) is 30.5 Å². The number of carbonyl (C=O) groups is 1. The highest BCUT2D eigenvalue weighted by Gasteiger charge is 2.52. The number of rotatable bonds is 3. The second-order valence-electron chi connectivity index (χ2n) is 6.52. The van der Waals surface area contributed by atoms with Gasteiger partial charge in [-0.25, -0.2) is 0 Å². The highest BCUT2D eigenvalue weighted by Crippen LogP contribution is 2.41. The van der Waals surface area contributed by atoms with Gasteiger partial charge in [0, 0.05) is 12.5 Å². The van der Waals surface area contributed by atoms with Crippen LogP contribution in [-0.4, -0.2) is 47.7 Å². The molecule has 2 N–H and O–H groups in total. The van der Waals surface area contributed by atoms with Gasteiger partial charge in [-0.15, -0.1) is 0 Å². The van der Waals surface area contributed by atoms with Crippen LogP contribution in [0.3, 0.4) is 0 Å². The normalized spacial score (nSPS) is 30.8. The molecule has 1 aromatic carbocycles. The first-order valence-electron chi connectivity index (χ1n) is 8.21. The van der Waals surface area contributed by atoms with Crippen molar-refractivity contribution in [1.82, 2.24) is 10.2 Å². The molecule has 4 nitrogen and oxygen atoms in total. The average molecular weight is 298 g/mol. The molecule has 4 rings (SSSR count). The Morgan fingerprint density at radius 3 is 2.77 bits per heavy atom. The van der Waals surface area contributed by atoms with Crippen molar-refractivity contribution in [2.24, 2.45) is 0 Å². The molecule has 0 radical (unpaired) electrons. The molecular formula is C18H22N2O2. The van der Waals surface area contributed by atoms with Gasteiger partial charge in [0.1, 0.15) is 0 Å². The first-order valence-corrected chi connectivity index (χ1v) is 8.21. The molecule has 1 aromatic rings. The van der Waals surface area contributed by atoms with Gasteiger partial charge >= 0.3 is 0 Å². The topological polar surface area (TPSA) is 52.6 Å². The molecule has 2 saturated heterocycles. The van der Waals surface area contributed by atoms with Crippen molar-refractivity contribution in [3.05, 3.63) is 41.5 Å². The number of aliphatic hydroxyl groups excluding tert-OH is 1. The Morgan fingerprint density at radius 1 is 1.27 bits per heavy atom. The molecule has 3 atom stereocenters. The third kappa shape index (κ3) is 2.09. The number of hydrogen-bond donors (Lipinski definition) is 2. The molecule has 4 heteroatoms. The summed E-state index contributed by atoms with van der Waals surface area (Å²) in [6, 6.07) is 8.88. The van der Waals surface area contributed by atoms with E-state index in [0.717, 1.165) is 6.54 Å². The maximum atomic E-state index is 12.0. The number of amides is 1. The molecule has 0 saturated carbocycles. The van der Waals surface area contributed by atoms with Crippen molar-refractivity contribution < 1.29 is 9.90 Å². The van der Waals surface area contributed by atoms with Gasteiger partial charge in [0.25, 0.3) is 0 Å². The van der Waals surface area contributed by atoms with Crippen LogP contribution in [0.25, 0.3) is 5.57 Å². The average Bonchev–Trinajstić information content (AvgIpc) is 3.04. The molecule has 22 heavy (non-hydrogen) atoms. The Balaban J connectivity index is 1.57. The number of allylic oxidation sites excluding steroid dienone is 2. The van der Waals surface area contributed by atoms with Crippen LogP contribution in [0.5, 0.6) is 0 Å².